The predicted octanol–water partition coefficient (Wildman–Crippen LogP) is 4.69. The van der Waals surface area contributed by atoms with Crippen molar-refractivity contribution in [3.63, 3.8) is 0 Å². The molecule has 0 aliphatic heterocycles. The van der Waals surface area contributed by atoms with E-state index < -0.39 is 4.92 Å². The summed E-state index contributed by atoms with van der Waals surface area (Å²) in [5, 5.41) is 15.1. The minimum Gasteiger partial charge on any atom is -0.455 e. The van der Waals surface area contributed by atoms with E-state index in [9.17, 15) is 14.9 Å². The Hall–Kier alpha value is -3.26. The van der Waals surface area contributed by atoms with Gasteiger partial charge in [-0.1, -0.05) is 18.2 Å². The summed E-state index contributed by atoms with van der Waals surface area (Å²) < 4.78 is 6.25. The van der Waals surface area contributed by atoms with Crippen LogP contribution in [0.4, 0.5) is 5.69 Å². The predicted molar refractivity (Wildman–Crippen MR) is 105 cm³/mol. The van der Waals surface area contributed by atoms with Crippen LogP contribution < -0.4 is 5.43 Å². The molecule has 27 heavy (non-hydrogen) atoms. The van der Waals surface area contributed by atoms with E-state index in [-0.39, 0.29) is 11.6 Å². The standard InChI is InChI=1S/C19H14BrN3O4/c1-12-6-8-15(17(10-12)23(25)26)18-9-7-13(27-18)11-21-22-19(24)14-4-2-3-5-16(14)20/h2-11H,1H3,(H,22,24)/b21-11+. The van der Waals surface area contributed by atoms with Crippen LogP contribution in [0.1, 0.15) is 21.7 Å². The molecule has 0 spiro atoms. The number of halogens is 1. The van der Waals surface area contributed by atoms with Gasteiger partial charge in [0.15, 0.2) is 0 Å². The topological polar surface area (TPSA) is 97.7 Å². The van der Waals surface area contributed by atoms with Crippen molar-refractivity contribution in [1.82, 2.24) is 5.43 Å². The molecule has 0 saturated heterocycles. The van der Waals surface area contributed by atoms with Gasteiger partial charge < -0.3 is 4.42 Å². The fourth-order valence-electron chi connectivity index (χ4n) is 2.43. The zero-order chi connectivity index (χ0) is 19.4. The van der Waals surface area contributed by atoms with Crippen LogP contribution in [0.15, 0.2) is 68.6 Å². The smallest absolute Gasteiger partial charge is 0.280 e. The van der Waals surface area contributed by atoms with Gasteiger partial charge in [0.05, 0.1) is 22.3 Å². The van der Waals surface area contributed by atoms with E-state index in [1.54, 1.807) is 55.5 Å². The van der Waals surface area contributed by atoms with Crippen molar-refractivity contribution in [2.75, 3.05) is 0 Å². The Balaban J connectivity index is 1.75. The molecule has 0 bridgehead atoms. The van der Waals surface area contributed by atoms with Crippen molar-refractivity contribution >= 4 is 33.7 Å². The quantitative estimate of drug-likeness (QED) is 0.362. The van der Waals surface area contributed by atoms with Crippen LogP contribution in [0.5, 0.6) is 0 Å². The summed E-state index contributed by atoms with van der Waals surface area (Å²) in [6, 6.07) is 15.1. The molecule has 0 aliphatic rings. The molecule has 136 valence electrons. The van der Waals surface area contributed by atoms with Crippen molar-refractivity contribution in [3.05, 3.63) is 86.1 Å². The fourth-order valence-corrected chi connectivity index (χ4v) is 2.89. The molecular formula is C19H14BrN3O4. The van der Waals surface area contributed by atoms with Gasteiger partial charge in [-0.2, -0.15) is 5.10 Å². The maximum atomic E-state index is 12.1. The molecular weight excluding hydrogens is 414 g/mol. The van der Waals surface area contributed by atoms with Gasteiger partial charge in [-0.15, -0.1) is 0 Å². The van der Waals surface area contributed by atoms with Gasteiger partial charge >= 0.3 is 0 Å². The van der Waals surface area contributed by atoms with Gasteiger partial charge in [0, 0.05) is 10.5 Å². The average molecular weight is 428 g/mol. The van der Waals surface area contributed by atoms with Gasteiger partial charge in [-0.25, -0.2) is 5.43 Å². The van der Waals surface area contributed by atoms with E-state index in [1.807, 2.05) is 0 Å². The van der Waals surface area contributed by atoms with Crippen LogP contribution in [0.25, 0.3) is 11.3 Å². The van der Waals surface area contributed by atoms with Crippen molar-refractivity contribution in [1.29, 1.82) is 0 Å². The molecule has 3 rings (SSSR count). The number of aryl methyl sites for hydroxylation is 1. The Bertz CT molecular complexity index is 1040. The molecule has 7 nitrogen and oxygen atoms in total. The lowest BCUT2D eigenvalue weighted by Gasteiger charge is -2.01. The summed E-state index contributed by atoms with van der Waals surface area (Å²) in [4.78, 5) is 22.9. The molecule has 3 aromatic rings. The number of hydrazone groups is 1. The molecule has 0 saturated carbocycles. The Labute approximate surface area is 163 Å². The fraction of sp³-hybridized carbons (Fsp3) is 0.0526. The number of rotatable bonds is 5. The van der Waals surface area contributed by atoms with Gasteiger partial charge in [0.2, 0.25) is 0 Å². The first-order valence-corrected chi connectivity index (χ1v) is 8.68. The molecule has 0 unspecified atom stereocenters. The van der Waals surface area contributed by atoms with E-state index in [4.69, 9.17) is 4.42 Å². The van der Waals surface area contributed by atoms with E-state index in [1.165, 1.54) is 12.3 Å². The third-order valence-electron chi connectivity index (χ3n) is 3.72. The molecule has 8 heteroatoms. The summed E-state index contributed by atoms with van der Waals surface area (Å²) in [6.07, 6.45) is 1.33. The Morgan fingerprint density at radius 2 is 2.00 bits per heavy atom. The number of hydrogen-bond acceptors (Lipinski definition) is 5. The third-order valence-corrected chi connectivity index (χ3v) is 4.41. The second kappa shape index (κ2) is 7.96. The lowest BCUT2D eigenvalue weighted by molar-refractivity contribution is -0.384. The largest absolute Gasteiger partial charge is 0.455 e. The number of nitro benzene ring substituents is 1. The van der Waals surface area contributed by atoms with Crippen molar-refractivity contribution in [2.45, 2.75) is 6.92 Å². The number of nitrogens with one attached hydrogen (secondary N) is 1. The SMILES string of the molecule is Cc1ccc(-c2ccc(/C=N/NC(=O)c3ccccc3Br)o2)c([N+](=O)[O-])c1. The number of carbonyl (C=O) groups excluding carboxylic acids is 1. The van der Waals surface area contributed by atoms with Crippen molar-refractivity contribution < 1.29 is 14.1 Å². The van der Waals surface area contributed by atoms with Crippen LogP contribution in [-0.2, 0) is 0 Å². The zero-order valence-corrected chi connectivity index (χ0v) is 15.8. The van der Waals surface area contributed by atoms with Crippen LogP contribution in [0, 0.1) is 17.0 Å². The van der Waals surface area contributed by atoms with Gasteiger partial charge in [-0.05, 0) is 58.7 Å². The van der Waals surface area contributed by atoms with E-state index >= 15 is 0 Å². The maximum Gasteiger partial charge on any atom is 0.280 e. The molecule has 0 aliphatic carbocycles. The maximum absolute atomic E-state index is 12.1. The second-order valence-electron chi connectivity index (χ2n) is 5.66. The monoisotopic (exact) mass is 427 g/mol. The molecule has 1 N–H and O–H groups in total. The number of furan rings is 1. The number of amides is 1. The van der Waals surface area contributed by atoms with Crippen LogP contribution >= 0.6 is 15.9 Å². The minimum absolute atomic E-state index is 0.0323. The summed E-state index contributed by atoms with van der Waals surface area (Å²) in [7, 11) is 0. The molecule has 1 heterocycles. The molecule has 0 atom stereocenters. The Morgan fingerprint density at radius 1 is 1.22 bits per heavy atom. The molecule has 0 fully saturated rings. The molecule has 1 amide bonds. The summed E-state index contributed by atoms with van der Waals surface area (Å²) in [6.45, 7) is 1.78. The number of nitrogens with zero attached hydrogens (tertiary/aromatic N) is 2. The highest BCUT2D eigenvalue weighted by Crippen LogP contribution is 2.31. The summed E-state index contributed by atoms with van der Waals surface area (Å²) in [5.74, 6) is 0.326. The summed E-state index contributed by atoms with van der Waals surface area (Å²) in [5.41, 5.74) is 3.99. The average Bonchev–Trinajstić information content (AvgIpc) is 3.10. The number of benzene rings is 2. The molecule has 2 aromatic carbocycles. The van der Waals surface area contributed by atoms with Crippen LogP contribution in [-0.4, -0.2) is 17.0 Å². The zero-order valence-electron chi connectivity index (χ0n) is 14.2. The lowest BCUT2D eigenvalue weighted by atomic mass is 10.1. The first kappa shape index (κ1) is 18.5. The summed E-state index contributed by atoms with van der Waals surface area (Å²) >= 11 is 3.30. The number of carbonyl (C=O) groups is 1. The highest BCUT2D eigenvalue weighted by molar-refractivity contribution is 9.10. The first-order valence-electron chi connectivity index (χ1n) is 7.89. The molecule has 1 aromatic heterocycles. The van der Waals surface area contributed by atoms with Crippen molar-refractivity contribution in [3.8, 4) is 11.3 Å². The van der Waals surface area contributed by atoms with E-state index in [0.29, 0.717) is 27.1 Å². The van der Waals surface area contributed by atoms with Gasteiger partial charge in [0.1, 0.15) is 11.5 Å². The second-order valence-corrected chi connectivity index (χ2v) is 6.51. The van der Waals surface area contributed by atoms with Gasteiger partial charge in [0.25, 0.3) is 11.6 Å². The van der Waals surface area contributed by atoms with Gasteiger partial charge in [-0.3, -0.25) is 14.9 Å². The van der Waals surface area contributed by atoms with Crippen LogP contribution in [0.3, 0.4) is 0 Å². The third kappa shape index (κ3) is 4.29. The normalized spacial score (nSPS) is 10.9. The lowest BCUT2D eigenvalue weighted by Crippen LogP contribution is -2.17. The minimum atomic E-state index is -0.448. The number of hydrogen-bond donors (Lipinski definition) is 1. The van der Waals surface area contributed by atoms with Crippen LogP contribution in [0.2, 0.25) is 0 Å². The first-order chi connectivity index (χ1) is 13.0. The van der Waals surface area contributed by atoms with Crippen molar-refractivity contribution in [2.24, 2.45) is 5.10 Å². The highest BCUT2D eigenvalue weighted by atomic mass is 79.9. The highest BCUT2D eigenvalue weighted by Gasteiger charge is 2.18. The number of nitro groups is 1. The van der Waals surface area contributed by atoms with E-state index in [2.05, 4.69) is 26.5 Å². The van der Waals surface area contributed by atoms with E-state index in [0.717, 1.165) is 5.56 Å². The Morgan fingerprint density at radius 3 is 2.74 bits per heavy atom. The molecule has 0 radical (unpaired) electrons. The Kier molecular flexibility index (Phi) is 5.46.